The van der Waals surface area contributed by atoms with Crippen LogP contribution < -0.4 is 9.64 Å². The minimum Gasteiger partial charge on any atom is -0.478 e. The average Bonchev–Trinajstić information content (AvgIpc) is 3.22. The van der Waals surface area contributed by atoms with Gasteiger partial charge in [0.15, 0.2) is 5.82 Å². The van der Waals surface area contributed by atoms with Crippen molar-refractivity contribution < 1.29 is 9.53 Å². The highest BCUT2D eigenvalue weighted by molar-refractivity contribution is 7.13. The van der Waals surface area contributed by atoms with Crippen LogP contribution in [0.5, 0.6) is 5.88 Å². The standard InChI is InChI=1S/C16H20N4O2S/c1-11-4-5-13(23-11)16(21)19(2)12-6-9-20(10-12)14-15(22-3)18-8-7-17-14/h4-5,7-8,12H,6,9-10H2,1-3H3/t12-/m1/s1. The molecule has 2 aromatic heterocycles. The number of aryl methyl sites for hydroxylation is 1. The fourth-order valence-electron chi connectivity index (χ4n) is 2.82. The van der Waals surface area contributed by atoms with Gasteiger partial charge in [0.05, 0.1) is 18.0 Å². The van der Waals surface area contributed by atoms with Crippen molar-refractivity contribution in [1.82, 2.24) is 14.9 Å². The Kier molecular flexibility index (Phi) is 4.47. The van der Waals surface area contributed by atoms with Crippen molar-refractivity contribution >= 4 is 23.1 Å². The number of rotatable bonds is 4. The van der Waals surface area contributed by atoms with Crippen molar-refractivity contribution in [2.24, 2.45) is 0 Å². The van der Waals surface area contributed by atoms with Crippen molar-refractivity contribution in [2.75, 3.05) is 32.1 Å². The quantitative estimate of drug-likeness (QED) is 0.859. The first-order chi connectivity index (χ1) is 11.1. The Bertz CT molecular complexity index is 703. The Hall–Kier alpha value is -2.15. The molecule has 0 radical (unpaired) electrons. The molecular formula is C16H20N4O2S. The molecule has 1 amide bonds. The number of amides is 1. The van der Waals surface area contributed by atoms with Gasteiger partial charge in [-0.2, -0.15) is 0 Å². The molecule has 1 atom stereocenters. The van der Waals surface area contributed by atoms with Crippen LogP contribution >= 0.6 is 11.3 Å². The number of thiophene rings is 1. The van der Waals surface area contributed by atoms with Crippen molar-refractivity contribution in [1.29, 1.82) is 0 Å². The smallest absolute Gasteiger partial charge is 0.263 e. The summed E-state index contributed by atoms with van der Waals surface area (Å²) in [4.78, 5) is 27.0. The van der Waals surface area contributed by atoms with Gasteiger partial charge in [0.25, 0.3) is 11.8 Å². The van der Waals surface area contributed by atoms with Crippen molar-refractivity contribution in [3.05, 3.63) is 34.3 Å². The number of nitrogens with zero attached hydrogens (tertiary/aromatic N) is 4. The molecule has 0 aliphatic carbocycles. The van der Waals surface area contributed by atoms with E-state index in [1.54, 1.807) is 19.5 Å². The molecule has 1 saturated heterocycles. The highest BCUT2D eigenvalue weighted by atomic mass is 32.1. The molecule has 0 spiro atoms. The maximum Gasteiger partial charge on any atom is 0.263 e. The number of ether oxygens (including phenoxy) is 1. The van der Waals surface area contributed by atoms with E-state index in [1.165, 1.54) is 11.3 Å². The molecule has 0 unspecified atom stereocenters. The summed E-state index contributed by atoms with van der Waals surface area (Å²) >= 11 is 1.54. The lowest BCUT2D eigenvalue weighted by Crippen LogP contribution is -2.38. The van der Waals surface area contributed by atoms with Crippen molar-refractivity contribution in [3.8, 4) is 5.88 Å². The maximum absolute atomic E-state index is 12.6. The fourth-order valence-corrected chi connectivity index (χ4v) is 3.67. The molecule has 3 rings (SSSR count). The van der Waals surface area contributed by atoms with Crippen LogP contribution in [0, 0.1) is 6.92 Å². The Balaban J connectivity index is 1.70. The fraction of sp³-hybridized carbons (Fsp3) is 0.438. The Morgan fingerprint density at radius 1 is 1.39 bits per heavy atom. The van der Waals surface area contributed by atoms with Crippen LogP contribution in [0.1, 0.15) is 21.0 Å². The Morgan fingerprint density at radius 3 is 2.87 bits per heavy atom. The molecule has 6 nitrogen and oxygen atoms in total. The molecule has 1 aliphatic heterocycles. The van der Waals surface area contributed by atoms with E-state index in [9.17, 15) is 4.79 Å². The van der Waals surface area contributed by atoms with Crippen LogP contribution in [0.3, 0.4) is 0 Å². The first kappa shape index (κ1) is 15.7. The summed E-state index contributed by atoms with van der Waals surface area (Å²) < 4.78 is 5.28. The van der Waals surface area contributed by atoms with E-state index in [2.05, 4.69) is 14.9 Å². The van der Waals surface area contributed by atoms with Crippen molar-refractivity contribution in [3.63, 3.8) is 0 Å². The number of aromatic nitrogens is 2. The van der Waals surface area contributed by atoms with Gasteiger partial charge in [-0.3, -0.25) is 4.79 Å². The summed E-state index contributed by atoms with van der Waals surface area (Å²) in [5, 5.41) is 0. The van der Waals surface area contributed by atoms with Gasteiger partial charge in [-0.25, -0.2) is 9.97 Å². The number of hydrogen-bond donors (Lipinski definition) is 0. The number of likely N-dealkylation sites (N-methyl/N-ethyl adjacent to an activating group) is 1. The van der Waals surface area contributed by atoms with Crippen LogP contribution in [-0.2, 0) is 0 Å². The number of carbonyl (C=O) groups excluding carboxylic acids is 1. The first-order valence-corrected chi connectivity index (χ1v) is 8.35. The molecule has 7 heteroatoms. The third-order valence-electron chi connectivity index (χ3n) is 4.12. The van der Waals surface area contributed by atoms with Gasteiger partial charge in [0.2, 0.25) is 0 Å². The Morgan fingerprint density at radius 2 is 2.17 bits per heavy atom. The first-order valence-electron chi connectivity index (χ1n) is 7.53. The van der Waals surface area contributed by atoms with Crippen LogP contribution in [0.4, 0.5) is 5.82 Å². The summed E-state index contributed by atoms with van der Waals surface area (Å²) in [6.07, 6.45) is 4.19. The third-order valence-corrected chi connectivity index (χ3v) is 5.11. The molecule has 122 valence electrons. The maximum atomic E-state index is 12.6. The molecular weight excluding hydrogens is 312 g/mol. The molecule has 0 bridgehead atoms. The lowest BCUT2D eigenvalue weighted by atomic mass is 10.2. The molecule has 0 N–H and O–H groups in total. The van der Waals surface area contributed by atoms with E-state index in [0.717, 1.165) is 35.1 Å². The number of methoxy groups -OCH3 is 1. The SMILES string of the molecule is COc1nccnc1N1CC[C@@H](N(C)C(=O)c2ccc(C)s2)C1. The van der Waals surface area contributed by atoms with E-state index in [-0.39, 0.29) is 11.9 Å². The number of anilines is 1. The van der Waals surface area contributed by atoms with E-state index in [4.69, 9.17) is 4.74 Å². The third kappa shape index (κ3) is 3.14. The molecule has 3 heterocycles. The second kappa shape index (κ2) is 6.54. The van der Waals surface area contributed by atoms with Crippen LogP contribution in [0.15, 0.2) is 24.5 Å². The van der Waals surface area contributed by atoms with Gasteiger partial charge in [-0.15, -0.1) is 11.3 Å². The molecule has 2 aromatic rings. The topological polar surface area (TPSA) is 58.6 Å². The molecule has 1 aliphatic rings. The molecule has 0 saturated carbocycles. The second-order valence-electron chi connectivity index (χ2n) is 5.60. The highest BCUT2D eigenvalue weighted by Crippen LogP contribution is 2.28. The minimum absolute atomic E-state index is 0.0843. The van der Waals surface area contributed by atoms with E-state index in [0.29, 0.717) is 5.88 Å². The number of hydrogen-bond acceptors (Lipinski definition) is 6. The zero-order chi connectivity index (χ0) is 16.4. The normalized spacial score (nSPS) is 17.3. The number of carbonyl (C=O) groups is 1. The largest absolute Gasteiger partial charge is 0.478 e. The van der Waals surface area contributed by atoms with Gasteiger partial charge in [0.1, 0.15) is 0 Å². The molecule has 1 fully saturated rings. The van der Waals surface area contributed by atoms with Gasteiger partial charge in [0, 0.05) is 37.4 Å². The van der Waals surface area contributed by atoms with E-state index < -0.39 is 0 Å². The van der Waals surface area contributed by atoms with Gasteiger partial charge in [-0.05, 0) is 25.5 Å². The van der Waals surface area contributed by atoms with Crippen LogP contribution in [0.2, 0.25) is 0 Å². The summed E-state index contributed by atoms with van der Waals surface area (Å²) in [6.45, 7) is 3.58. The minimum atomic E-state index is 0.0843. The predicted octanol–water partition coefficient (Wildman–Crippen LogP) is 2.21. The zero-order valence-electron chi connectivity index (χ0n) is 13.5. The van der Waals surface area contributed by atoms with E-state index >= 15 is 0 Å². The summed E-state index contributed by atoms with van der Waals surface area (Å²) in [7, 11) is 3.47. The summed E-state index contributed by atoms with van der Waals surface area (Å²) in [5.41, 5.74) is 0. The second-order valence-corrected chi connectivity index (χ2v) is 6.89. The predicted molar refractivity (Wildman–Crippen MR) is 90.4 cm³/mol. The van der Waals surface area contributed by atoms with Crippen LogP contribution in [0.25, 0.3) is 0 Å². The zero-order valence-corrected chi connectivity index (χ0v) is 14.3. The van der Waals surface area contributed by atoms with Gasteiger partial charge < -0.3 is 14.5 Å². The monoisotopic (exact) mass is 332 g/mol. The summed E-state index contributed by atoms with van der Waals surface area (Å²) in [5.74, 6) is 1.35. The Labute approximate surface area is 139 Å². The molecule has 0 aromatic carbocycles. The van der Waals surface area contributed by atoms with Gasteiger partial charge >= 0.3 is 0 Å². The summed E-state index contributed by atoms with van der Waals surface area (Å²) in [6, 6.07) is 4.05. The average molecular weight is 332 g/mol. The molecule has 23 heavy (non-hydrogen) atoms. The van der Waals surface area contributed by atoms with Crippen molar-refractivity contribution in [2.45, 2.75) is 19.4 Å². The lowest BCUT2D eigenvalue weighted by molar-refractivity contribution is 0.0750. The van der Waals surface area contributed by atoms with Crippen LogP contribution in [-0.4, -0.2) is 54.1 Å². The van der Waals surface area contributed by atoms with E-state index in [1.807, 2.05) is 31.0 Å². The highest BCUT2D eigenvalue weighted by Gasteiger charge is 2.31. The lowest BCUT2D eigenvalue weighted by Gasteiger charge is -2.25. The van der Waals surface area contributed by atoms with Gasteiger partial charge in [-0.1, -0.05) is 0 Å².